The molecule has 11 aromatic rings. The van der Waals surface area contributed by atoms with Crippen LogP contribution in [-0.4, -0.2) is 19.5 Å². The Morgan fingerprint density at radius 3 is 1.52 bits per heavy atom. The summed E-state index contributed by atoms with van der Waals surface area (Å²) >= 11 is 1.82. The minimum absolute atomic E-state index is 0.622. The van der Waals surface area contributed by atoms with Gasteiger partial charge in [0.15, 0.2) is 17.5 Å². The Bertz CT molecular complexity index is 3170. The van der Waals surface area contributed by atoms with Crippen LogP contribution in [0.5, 0.6) is 0 Å². The highest BCUT2D eigenvalue weighted by atomic mass is 32.1. The van der Waals surface area contributed by atoms with Crippen molar-refractivity contribution in [2.45, 2.75) is 0 Å². The van der Waals surface area contributed by atoms with Gasteiger partial charge < -0.3 is 4.57 Å². The van der Waals surface area contributed by atoms with Gasteiger partial charge in [-0.2, -0.15) is 0 Å². The first-order valence-corrected chi connectivity index (χ1v) is 19.6. The van der Waals surface area contributed by atoms with Crippen molar-refractivity contribution in [1.82, 2.24) is 19.5 Å². The number of fused-ring (bicyclic) bond motifs is 6. The van der Waals surface area contributed by atoms with E-state index < -0.39 is 0 Å². The summed E-state index contributed by atoms with van der Waals surface area (Å²) in [6.07, 6.45) is 0. The van der Waals surface area contributed by atoms with E-state index in [1.54, 1.807) is 0 Å². The molecule has 0 atom stereocenters. The Kier molecular flexibility index (Phi) is 7.64. The molecule has 0 saturated heterocycles. The fourth-order valence-corrected chi connectivity index (χ4v) is 9.31. The SMILES string of the molecule is c1ccc(-c2nc(-c3ccccc3)nc(-c3ccc4sc5ccccc5c4c3-n3c4cccc(-c5ccccc5)c4c4cccc(-c5ccccc5)c43)n2)cc1. The van der Waals surface area contributed by atoms with Crippen molar-refractivity contribution in [2.24, 2.45) is 0 Å². The molecule has 262 valence electrons. The molecule has 0 bridgehead atoms. The van der Waals surface area contributed by atoms with Crippen molar-refractivity contribution in [2.75, 3.05) is 0 Å². The molecule has 0 radical (unpaired) electrons. The van der Waals surface area contributed by atoms with Crippen molar-refractivity contribution in [3.05, 3.63) is 194 Å². The quantitative estimate of drug-likeness (QED) is 0.171. The first-order valence-electron chi connectivity index (χ1n) is 18.8. The van der Waals surface area contributed by atoms with Crippen LogP contribution in [0.1, 0.15) is 0 Å². The summed E-state index contributed by atoms with van der Waals surface area (Å²) in [5.41, 5.74) is 10.8. The molecule has 3 aromatic heterocycles. The van der Waals surface area contributed by atoms with E-state index in [0.717, 1.165) is 44.5 Å². The Labute approximate surface area is 327 Å². The lowest BCUT2D eigenvalue weighted by atomic mass is 9.97. The molecule has 0 N–H and O–H groups in total. The van der Waals surface area contributed by atoms with Gasteiger partial charge in [0.2, 0.25) is 0 Å². The molecular formula is C51H32N4S. The molecule has 5 heteroatoms. The third-order valence-corrected chi connectivity index (χ3v) is 11.8. The molecule has 8 aromatic carbocycles. The van der Waals surface area contributed by atoms with Crippen LogP contribution in [0, 0.1) is 0 Å². The number of para-hydroxylation sites is 1. The van der Waals surface area contributed by atoms with E-state index in [1.807, 2.05) is 47.7 Å². The molecule has 0 aliphatic heterocycles. The van der Waals surface area contributed by atoms with E-state index >= 15 is 0 Å². The molecule has 3 heterocycles. The van der Waals surface area contributed by atoms with Gasteiger partial charge in [0.1, 0.15) is 0 Å². The summed E-state index contributed by atoms with van der Waals surface area (Å²) in [7, 11) is 0. The van der Waals surface area contributed by atoms with Crippen molar-refractivity contribution < 1.29 is 0 Å². The first-order chi connectivity index (χ1) is 27.8. The molecule has 4 nitrogen and oxygen atoms in total. The Hall–Kier alpha value is -7.21. The van der Waals surface area contributed by atoms with Gasteiger partial charge in [0, 0.05) is 53.2 Å². The second-order valence-electron chi connectivity index (χ2n) is 13.9. The summed E-state index contributed by atoms with van der Waals surface area (Å²) < 4.78 is 4.95. The smallest absolute Gasteiger partial charge is 0.166 e. The van der Waals surface area contributed by atoms with Gasteiger partial charge in [0.25, 0.3) is 0 Å². The Balaban J connectivity index is 1.34. The second-order valence-corrected chi connectivity index (χ2v) is 15.0. The molecular weight excluding hydrogens is 701 g/mol. The monoisotopic (exact) mass is 732 g/mol. The molecule has 0 unspecified atom stereocenters. The Morgan fingerprint density at radius 2 is 0.857 bits per heavy atom. The summed E-state index contributed by atoms with van der Waals surface area (Å²) in [6.45, 7) is 0. The van der Waals surface area contributed by atoms with E-state index in [1.165, 1.54) is 42.1 Å². The van der Waals surface area contributed by atoms with Gasteiger partial charge in [-0.05, 0) is 41.0 Å². The summed E-state index contributed by atoms with van der Waals surface area (Å²) in [6, 6.07) is 68.6. The minimum Gasteiger partial charge on any atom is -0.307 e. The minimum atomic E-state index is 0.622. The standard InChI is InChI=1S/C51H32N4S/c1-5-17-33(18-6-1)37-26-16-29-42-45(37)40-28-15-27-38(34-19-7-2-8-20-34)47(40)55(42)48-41(31-32-44-46(48)39-25-13-14-30-43(39)56-44)51-53-49(35-21-9-3-10-22-35)52-50(54-51)36-23-11-4-12-24-36/h1-32H. The van der Waals surface area contributed by atoms with Crippen molar-refractivity contribution in [3.63, 3.8) is 0 Å². The number of hydrogen-bond donors (Lipinski definition) is 0. The normalized spacial score (nSPS) is 11.6. The summed E-state index contributed by atoms with van der Waals surface area (Å²) in [4.78, 5) is 15.7. The number of nitrogens with zero attached hydrogens (tertiary/aromatic N) is 4. The highest BCUT2D eigenvalue weighted by Crippen LogP contribution is 2.48. The number of benzene rings is 8. The van der Waals surface area contributed by atoms with Crippen LogP contribution < -0.4 is 0 Å². The molecule has 0 spiro atoms. The largest absolute Gasteiger partial charge is 0.307 e. The van der Waals surface area contributed by atoms with Gasteiger partial charge in [-0.15, -0.1) is 11.3 Å². The zero-order chi connectivity index (χ0) is 37.0. The maximum Gasteiger partial charge on any atom is 0.166 e. The van der Waals surface area contributed by atoms with Gasteiger partial charge in [-0.25, -0.2) is 15.0 Å². The van der Waals surface area contributed by atoms with Crippen LogP contribution in [0.25, 0.3) is 104 Å². The maximum atomic E-state index is 5.31. The van der Waals surface area contributed by atoms with Gasteiger partial charge in [-0.1, -0.05) is 170 Å². The lowest BCUT2D eigenvalue weighted by Gasteiger charge is -2.18. The van der Waals surface area contributed by atoms with Crippen LogP contribution in [0.2, 0.25) is 0 Å². The highest BCUT2D eigenvalue weighted by molar-refractivity contribution is 7.25. The van der Waals surface area contributed by atoms with Crippen molar-refractivity contribution >= 4 is 53.3 Å². The molecule has 0 saturated carbocycles. The van der Waals surface area contributed by atoms with Gasteiger partial charge in [-0.3, -0.25) is 0 Å². The van der Waals surface area contributed by atoms with Gasteiger partial charge >= 0.3 is 0 Å². The molecule has 56 heavy (non-hydrogen) atoms. The summed E-state index contributed by atoms with van der Waals surface area (Å²) in [5, 5.41) is 4.78. The second kappa shape index (κ2) is 13.3. The van der Waals surface area contributed by atoms with Crippen LogP contribution in [0.3, 0.4) is 0 Å². The van der Waals surface area contributed by atoms with Gasteiger partial charge in [0.05, 0.1) is 16.7 Å². The topological polar surface area (TPSA) is 43.6 Å². The number of rotatable bonds is 6. The van der Waals surface area contributed by atoms with Crippen LogP contribution in [0.15, 0.2) is 194 Å². The molecule has 0 fully saturated rings. The number of hydrogen-bond acceptors (Lipinski definition) is 4. The average Bonchev–Trinajstić information content (AvgIpc) is 3.83. The molecule has 11 rings (SSSR count). The molecule has 0 aliphatic carbocycles. The van der Waals surface area contributed by atoms with Crippen LogP contribution in [0.4, 0.5) is 0 Å². The third-order valence-electron chi connectivity index (χ3n) is 10.7. The predicted octanol–water partition coefficient (Wildman–Crippen LogP) is 13.7. The molecule has 0 aliphatic rings. The van der Waals surface area contributed by atoms with Crippen LogP contribution >= 0.6 is 11.3 Å². The average molecular weight is 733 g/mol. The number of aromatic nitrogens is 4. The van der Waals surface area contributed by atoms with Crippen LogP contribution in [-0.2, 0) is 0 Å². The Morgan fingerprint density at radius 1 is 0.339 bits per heavy atom. The fourth-order valence-electron chi connectivity index (χ4n) is 8.20. The zero-order valence-electron chi connectivity index (χ0n) is 30.2. The highest BCUT2D eigenvalue weighted by Gasteiger charge is 2.26. The maximum absolute atomic E-state index is 5.31. The van der Waals surface area contributed by atoms with E-state index in [0.29, 0.717) is 17.5 Å². The van der Waals surface area contributed by atoms with E-state index in [9.17, 15) is 0 Å². The summed E-state index contributed by atoms with van der Waals surface area (Å²) in [5.74, 6) is 1.89. The predicted molar refractivity (Wildman–Crippen MR) is 234 cm³/mol. The zero-order valence-corrected chi connectivity index (χ0v) is 31.0. The first kappa shape index (κ1) is 32.2. The lowest BCUT2D eigenvalue weighted by Crippen LogP contribution is -2.04. The fraction of sp³-hybridized carbons (Fsp3) is 0. The van der Waals surface area contributed by atoms with Crippen molar-refractivity contribution in [1.29, 1.82) is 0 Å². The lowest BCUT2D eigenvalue weighted by molar-refractivity contribution is 1.07. The van der Waals surface area contributed by atoms with E-state index in [4.69, 9.17) is 15.0 Å². The molecule has 0 amide bonds. The third kappa shape index (κ3) is 5.24. The van der Waals surface area contributed by atoms with Crippen molar-refractivity contribution in [3.8, 4) is 62.1 Å². The van der Waals surface area contributed by atoms with E-state index in [-0.39, 0.29) is 0 Å². The number of thiophene rings is 1. The van der Waals surface area contributed by atoms with E-state index in [2.05, 4.69) is 162 Å².